The van der Waals surface area contributed by atoms with E-state index in [9.17, 15) is 0 Å². The van der Waals surface area contributed by atoms with E-state index in [1.54, 1.807) is 11.8 Å². The molecule has 0 fully saturated rings. The highest BCUT2D eigenvalue weighted by atomic mass is 32.2. The fraction of sp³-hybridized carbons (Fsp3) is 0.412. The predicted octanol–water partition coefficient (Wildman–Crippen LogP) is 4.71. The molecule has 1 aromatic carbocycles. The second-order valence-corrected chi connectivity index (χ2v) is 5.91. The third kappa shape index (κ3) is 3.47. The lowest BCUT2D eigenvalue weighted by Crippen LogP contribution is -2.23. The van der Waals surface area contributed by atoms with Crippen molar-refractivity contribution < 1.29 is 4.42 Å². The van der Waals surface area contributed by atoms with Gasteiger partial charge in [-0.1, -0.05) is 19.1 Å². The molecule has 1 N–H and O–H groups in total. The van der Waals surface area contributed by atoms with Crippen LogP contribution >= 0.6 is 11.8 Å². The molecular weight excluding hydrogens is 266 g/mol. The van der Waals surface area contributed by atoms with E-state index < -0.39 is 0 Å². The first-order chi connectivity index (χ1) is 9.65. The number of hydrogen-bond acceptors (Lipinski definition) is 3. The maximum Gasteiger partial charge on any atom is 0.106 e. The second kappa shape index (κ2) is 7.00. The van der Waals surface area contributed by atoms with Crippen molar-refractivity contribution in [3.05, 3.63) is 53.0 Å². The fourth-order valence-corrected chi connectivity index (χ4v) is 2.84. The van der Waals surface area contributed by atoms with E-state index in [0.29, 0.717) is 0 Å². The number of thioether (sulfide) groups is 1. The van der Waals surface area contributed by atoms with Crippen molar-refractivity contribution in [2.45, 2.75) is 38.1 Å². The summed E-state index contributed by atoms with van der Waals surface area (Å²) in [7, 11) is 0. The van der Waals surface area contributed by atoms with Crippen LogP contribution in [-0.4, -0.2) is 12.8 Å². The fourth-order valence-electron chi connectivity index (χ4n) is 2.43. The van der Waals surface area contributed by atoms with Crippen LogP contribution in [0.4, 0.5) is 0 Å². The molecule has 108 valence electrons. The molecule has 2 aromatic rings. The number of aryl methyl sites for hydroxylation is 2. The lowest BCUT2D eigenvalue weighted by Gasteiger charge is -2.19. The quantitative estimate of drug-likeness (QED) is 0.780. The zero-order valence-corrected chi connectivity index (χ0v) is 13.5. The molecule has 0 aliphatic heterocycles. The highest BCUT2D eigenvalue weighted by molar-refractivity contribution is 7.98. The Balaban J connectivity index is 2.33. The minimum Gasteiger partial charge on any atom is -0.466 e. The maximum absolute atomic E-state index is 5.70. The molecule has 0 amide bonds. The van der Waals surface area contributed by atoms with Crippen molar-refractivity contribution in [1.29, 1.82) is 0 Å². The standard InChI is InChI=1S/C17H23NOS/c1-5-10-18-17(16-11-12(2)19-13(16)3)14-6-8-15(20-4)9-7-14/h6-9,11,17-18H,5,10H2,1-4H3. The topological polar surface area (TPSA) is 25.2 Å². The summed E-state index contributed by atoms with van der Waals surface area (Å²) in [5.41, 5.74) is 2.54. The minimum atomic E-state index is 0.211. The predicted molar refractivity (Wildman–Crippen MR) is 86.5 cm³/mol. The van der Waals surface area contributed by atoms with Gasteiger partial charge in [-0.15, -0.1) is 11.8 Å². The van der Waals surface area contributed by atoms with Crippen LogP contribution in [0.5, 0.6) is 0 Å². The van der Waals surface area contributed by atoms with Gasteiger partial charge in [-0.3, -0.25) is 0 Å². The van der Waals surface area contributed by atoms with Crippen LogP contribution in [0.3, 0.4) is 0 Å². The highest BCUT2D eigenvalue weighted by Gasteiger charge is 2.18. The lowest BCUT2D eigenvalue weighted by molar-refractivity contribution is 0.493. The monoisotopic (exact) mass is 289 g/mol. The van der Waals surface area contributed by atoms with E-state index in [4.69, 9.17) is 4.42 Å². The molecule has 0 spiro atoms. The van der Waals surface area contributed by atoms with Crippen LogP contribution in [0.2, 0.25) is 0 Å². The Labute approximate surface area is 126 Å². The van der Waals surface area contributed by atoms with E-state index in [1.165, 1.54) is 16.0 Å². The normalized spacial score (nSPS) is 12.6. The summed E-state index contributed by atoms with van der Waals surface area (Å²) >= 11 is 1.77. The van der Waals surface area contributed by atoms with Gasteiger partial charge in [0.15, 0.2) is 0 Å². The van der Waals surface area contributed by atoms with E-state index in [0.717, 1.165) is 24.5 Å². The van der Waals surface area contributed by atoms with Gasteiger partial charge in [-0.05, 0) is 56.8 Å². The first-order valence-corrected chi connectivity index (χ1v) is 8.32. The smallest absolute Gasteiger partial charge is 0.106 e. The number of hydrogen-bond donors (Lipinski definition) is 1. The highest BCUT2D eigenvalue weighted by Crippen LogP contribution is 2.28. The molecule has 20 heavy (non-hydrogen) atoms. The lowest BCUT2D eigenvalue weighted by atomic mass is 9.99. The van der Waals surface area contributed by atoms with Crippen LogP contribution in [0.1, 0.15) is 42.0 Å². The zero-order valence-electron chi connectivity index (χ0n) is 12.7. The number of furan rings is 1. The Morgan fingerprint density at radius 2 is 1.90 bits per heavy atom. The van der Waals surface area contributed by atoms with Crippen molar-refractivity contribution in [1.82, 2.24) is 5.32 Å². The van der Waals surface area contributed by atoms with Crippen molar-refractivity contribution in [3.8, 4) is 0 Å². The molecule has 3 heteroatoms. The number of rotatable bonds is 6. The maximum atomic E-state index is 5.70. The minimum absolute atomic E-state index is 0.211. The van der Waals surface area contributed by atoms with Gasteiger partial charge in [0, 0.05) is 10.5 Å². The Morgan fingerprint density at radius 1 is 1.20 bits per heavy atom. The van der Waals surface area contributed by atoms with E-state index in [1.807, 2.05) is 13.8 Å². The van der Waals surface area contributed by atoms with Crippen LogP contribution in [0, 0.1) is 13.8 Å². The van der Waals surface area contributed by atoms with Crippen molar-refractivity contribution in [3.63, 3.8) is 0 Å². The van der Waals surface area contributed by atoms with Crippen LogP contribution in [0.15, 0.2) is 39.6 Å². The number of benzene rings is 1. The van der Waals surface area contributed by atoms with Gasteiger partial charge in [0.05, 0.1) is 6.04 Å². The third-order valence-electron chi connectivity index (χ3n) is 3.44. The van der Waals surface area contributed by atoms with Crippen molar-refractivity contribution >= 4 is 11.8 Å². The SMILES string of the molecule is CCCNC(c1ccc(SC)cc1)c1cc(C)oc1C. The van der Waals surface area contributed by atoms with Crippen LogP contribution < -0.4 is 5.32 Å². The summed E-state index contributed by atoms with van der Waals surface area (Å²) in [4.78, 5) is 1.29. The zero-order chi connectivity index (χ0) is 14.5. The van der Waals surface area contributed by atoms with E-state index >= 15 is 0 Å². The molecule has 2 rings (SSSR count). The van der Waals surface area contributed by atoms with Crippen LogP contribution in [-0.2, 0) is 0 Å². The molecule has 0 aliphatic rings. The molecule has 0 radical (unpaired) electrons. The number of nitrogens with one attached hydrogen (secondary N) is 1. The molecule has 0 saturated carbocycles. The largest absolute Gasteiger partial charge is 0.466 e. The first-order valence-electron chi connectivity index (χ1n) is 7.10. The van der Waals surface area contributed by atoms with E-state index in [2.05, 4.69) is 48.8 Å². The molecule has 1 unspecified atom stereocenters. The van der Waals surface area contributed by atoms with Crippen molar-refractivity contribution in [2.75, 3.05) is 12.8 Å². The molecule has 0 bridgehead atoms. The summed E-state index contributed by atoms with van der Waals surface area (Å²) < 4.78 is 5.70. The Hall–Kier alpha value is -1.19. The van der Waals surface area contributed by atoms with Gasteiger partial charge in [0.2, 0.25) is 0 Å². The Bertz CT molecular complexity index is 545. The van der Waals surface area contributed by atoms with Crippen LogP contribution in [0.25, 0.3) is 0 Å². The molecule has 0 saturated heterocycles. The van der Waals surface area contributed by atoms with E-state index in [-0.39, 0.29) is 6.04 Å². The average molecular weight is 289 g/mol. The molecular formula is C17H23NOS. The van der Waals surface area contributed by atoms with Gasteiger partial charge in [-0.25, -0.2) is 0 Å². The summed E-state index contributed by atoms with van der Waals surface area (Å²) in [5.74, 6) is 1.98. The summed E-state index contributed by atoms with van der Waals surface area (Å²) in [6.45, 7) is 7.23. The molecule has 1 atom stereocenters. The molecule has 2 nitrogen and oxygen atoms in total. The summed E-state index contributed by atoms with van der Waals surface area (Å²) in [5, 5.41) is 3.63. The van der Waals surface area contributed by atoms with Gasteiger partial charge >= 0.3 is 0 Å². The molecule has 1 aromatic heterocycles. The van der Waals surface area contributed by atoms with Crippen molar-refractivity contribution in [2.24, 2.45) is 0 Å². The molecule has 1 heterocycles. The van der Waals surface area contributed by atoms with Gasteiger partial charge in [0.1, 0.15) is 11.5 Å². The summed E-state index contributed by atoms with van der Waals surface area (Å²) in [6.07, 6.45) is 3.22. The summed E-state index contributed by atoms with van der Waals surface area (Å²) in [6, 6.07) is 11.1. The second-order valence-electron chi connectivity index (χ2n) is 5.03. The average Bonchev–Trinajstić information content (AvgIpc) is 2.79. The first kappa shape index (κ1) is 15.2. The molecule has 0 aliphatic carbocycles. The third-order valence-corrected chi connectivity index (χ3v) is 4.18. The van der Waals surface area contributed by atoms with Gasteiger partial charge in [-0.2, -0.15) is 0 Å². The Morgan fingerprint density at radius 3 is 2.40 bits per heavy atom. The van der Waals surface area contributed by atoms with Gasteiger partial charge < -0.3 is 9.73 Å². The Kier molecular flexibility index (Phi) is 5.32. The van der Waals surface area contributed by atoms with Gasteiger partial charge in [0.25, 0.3) is 0 Å².